The number of rotatable bonds is 3. The van der Waals surface area contributed by atoms with Crippen molar-refractivity contribution in [2.45, 2.75) is 51.2 Å². The van der Waals surface area contributed by atoms with E-state index in [0.29, 0.717) is 19.4 Å². The maximum Gasteiger partial charge on any atom is 0.306 e. The lowest BCUT2D eigenvalue weighted by Gasteiger charge is -2.28. The molecular weight excluding hydrogens is 234 g/mol. The molecule has 0 spiro atoms. The van der Waals surface area contributed by atoms with Crippen LogP contribution >= 0.6 is 0 Å². The predicted octanol–water partition coefficient (Wildman–Crippen LogP) is 1.17. The van der Waals surface area contributed by atoms with E-state index in [1.807, 2.05) is 6.92 Å². The molecule has 0 aromatic carbocycles. The average Bonchev–Trinajstić information content (AvgIpc) is 2.76. The van der Waals surface area contributed by atoms with E-state index in [1.165, 1.54) is 0 Å². The number of nitrogens with one attached hydrogen (secondary N) is 1. The number of carboxylic acid groups (broad SMARTS) is 1. The van der Waals surface area contributed by atoms with E-state index >= 15 is 0 Å². The van der Waals surface area contributed by atoms with Gasteiger partial charge in [-0.05, 0) is 38.0 Å². The molecule has 1 saturated heterocycles. The zero-order chi connectivity index (χ0) is 13.1. The number of carbonyl (C=O) groups excluding carboxylic acids is 1. The summed E-state index contributed by atoms with van der Waals surface area (Å²) in [5.41, 5.74) is 0. The van der Waals surface area contributed by atoms with Gasteiger partial charge in [-0.3, -0.25) is 9.59 Å². The number of aliphatic carboxylic acids is 1. The number of carboxylic acids is 1. The molecule has 2 unspecified atom stereocenters. The summed E-state index contributed by atoms with van der Waals surface area (Å²) in [7, 11) is 0. The molecular formula is C13H21NO4. The highest BCUT2D eigenvalue weighted by atomic mass is 16.5. The fourth-order valence-corrected chi connectivity index (χ4v) is 2.80. The number of carbonyl (C=O) groups is 2. The molecule has 1 heterocycles. The topological polar surface area (TPSA) is 75.6 Å². The van der Waals surface area contributed by atoms with Crippen LogP contribution in [0, 0.1) is 11.8 Å². The zero-order valence-corrected chi connectivity index (χ0v) is 10.7. The summed E-state index contributed by atoms with van der Waals surface area (Å²) >= 11 is 0. The number of hydrogen-bond acceptors (Lipinski definition) is 3. The molecule has 102 valence electrons. The van der Waals surface area contributed by atoms with Gasteiger partial charge in [0.15, 0.2) is 0 Å². The Balaban J connectivity index is 1.77. The first-order valence-electron chi connectivity index (χ1n) is 6.72. The van der Waals surface area contributed by atoms with Gasteiger partial charge in [-0.25, -0.2) is 0 Å². The molecule has 18 heavy (non-hydrogen) atoms. The third kappa shape index (κ3) is 3.02. The molecule has 2 aliphatic rings. The Morgan fingerprint density at radius 3 is 2.33 bits per heavy atom. The summed E-state index contributed by atoms with van der Waals surface area (Å²) in [4.78, 5) is 22.8. The SMILES string of the molecule is CC1CCOC1C(=O)NC1CCC(C(=O)O)CC1. The highest BCUT2D eigenvalue weighted by Crippen LogP contribution is 2.25. The van der Waals surface area contributed by atoms with Crippen molar-refractivity contribution in [3.8, 4) is 0 Å². The van der Waals surface area contributed by atoms with Gasteiger partial charge < -0.3 is 15.2 Å². The van der Waals surface area contributed by atoms with Gasteiger partial charge in [-0.2, -0.15) is 0 Å². The lowest BCUT2D eigenvalue weighted by molar-refractivity contribution is -0.142. The van der Waals surface area contributed by atoms with Crippen molar-refractivity contribution >= 4 is 11.9 Å². The number of hydrogen-bond donors (Lipinski definition) is 2. The lowest BCUT2D eigenvalue weighted by atomic mass is 9.86. The first-order valence-corrected chi connectivity index (χ1v) is 6.72. The van der Waals surface area contributed by atoms with Crippen molar-refractivity contribution in [3.05, 3.63) is 0 Å². The van der Waals surface area contributed by atoms with Gasteiger partial charge in [0.05, 0.1) is 5.92 Å². The molecule has 2 fully saturated rings. The Hall–Kier alpha value is -1.10. The molecule has 2 atom stereocenters. The van der Waals surface area contributed by atoms with E-state index in [0.717, 1.165) is 19.3 Å². The van der Waals surface area contributed by atoms with E-state index in [1.54, 1.807) is 0 Å². The second kappa shape index (κ2) is 5.69. The Kier molecular flexibility index (Phi) is 4.22. The molecule has 1 saturated carbocycles. The molecule has 0 bridgehead atoms. The molecule has 0 aromatic rings. The van der Waals surface area contributed by atoms with Crippen LogP contribution in [0.1, 0.15) is 39.0 Å². The van der Waals surface area contributed by atoms with Crippen LogP contribution < -0.4 is 5.32 Å². The number of ether oxygens (including phenoxy) is 1. The van der Waals surface area contributed by atoms with Gasteiger partial charge in [-0.15, -0.1) is 0 Å². The normalized spacial score (nSPS) is 36.3. The van der Waals surface area contributed by atoms with Crippen LogP contribution in [0.4, 0.5) is 0 Å². The van der Waals surface area contributed by atoms with Gasteiger partial charge >= 0.3 is 5.97 Å². The van der Waals surface area contributed by atoms with Gasteiger partial charge in [0.2, 0.25) is 5.91 Å². The van der Waals surface area contributed by atoms with Crippen molar-refractivity contribution in [2.24, 2.45) is 11.8 Å². The van der Waals surface area contributed by atoms with Crippen molar-refractivity contribution in [2.75, 3.05) is 6.61 Å². The highest BCUT2D eigenvalue weighted by molar-refractivity contribution is 5.81. The van der Waals surface area contributed by atoms with Crippen LogP contribution in [0.5, 0.6) is 0 Å². The van der Waals surface area contributed by atoms with Crippen LogP contribution in [0.3, 0.4) is 0 Å². The van der Waals surface area contributed by atoms with E-state index < -0.39 is 5.97 Å². The van der Waals surface area contributed by atoms with Crippen LogP contribution in [-0.4, -0.2) is 35.7 Å². The Morgan fingerprint density at radius 2 is 1.83 bits per heavy atom. The maximum absolute atomic E-state index is 12.0. The molecule has 5 nitrogen and oxygen atoms in total. The summed E-state index contributed by atoms with van der Waals surface area (Å²) in [6.45, 7) is 2.68. The minimum absolute atomic E-state index is 0.0289. The monoisotopic (exact) mass is 255 g/mol. The summed E-state index contributed by atoms with van der Waals surface area (Å²) in [5.74, 6) is -0.702. The van der Waals surface area contributed by atoms with Crippen LogP contribution in [-0.2, 0) is 14.3 Å². The molecule has 0 aromatic heterocycles. The third-order valence-electron chi connectivity index (χ3n) is 4.07. The molecule has 2 N–H and O–H groups in total. The Bertz CT molecular complexity index is 323. The standard InChI is InChI=1S/C13H21NO4/c1-8-6-7-18-11(8)12(15)14-10-4-2-9(3-5-10)13(16)17/h8-11H,2-7H2,1H3,(H,14,15)(H,16,17). The van der Waals surface area contributed by atoms with Gasteiger partial charge in [-0.1, -0.05) is 6.92 Å². The second-order valence-electron chi connectivity index (χ2n) is 5.45. The lowest BCUT2D eigenvalue weighted by Crippen LogP contribution is -2.44. The first-order chi connectivity index (χ1) is 8.58. The predicted molar refractivity (Wildman–Crippen MR) is 65.0 cm³/mol. The van der Waals surface area contributed by atoms with Gasteiger partial charge in [0.1, 0.15) is 6.10 Å². The van der Waals surface area contributed by atoms with Crippen LogP contribution in [0.15, 0.2) is 0 Å². The summed E-state index contributed by atoms with van der Waals surface area (Å²) in [6.07, 6.45) is 3.43. The van der Waals surface area contributed by atoms with Crippen molar-refractivity contribution in [3.63, 3.8) is 0 Å². The minimum Gasteiger partial charge on any atom is -0.481 e. The van der Waals surface area contributed by atoms with E-state index in [9.17, 15) is 9.59 Å². The van der Waals surface area contributed by atoms with Crippen LogP contribution in [0.2, 0.25) is 0 Å². The maximum atomic E-state index is 12.0. The summed E-state index contributed by atoms with van der Waals surface area (Å²) in [6, 6.07) is 0.115. The van der Waals surface area contributed by atoms with E-state index in [4.69, 9.17) is 9.84 Å². The molecule has 5 heteroatoms. The second-order valence-corrected chi connectivity index (χ2v) is 5.45. The summed E-state index contributed by atoms with van der Waals surface area (Å²) in [5, 5.41) is 11.9. The molecule has 0 radical (unpaired) electrons. The average molecular weight is 255 g/mol. The smallest absolute Gasteiger partial charge is 0.306 e. The van der Waals surface area contributed by atoms with Gasteiger partial charge in [0.25, 0.3) is 0 Å². The summed E-state index contributed by atoms with van der Waals surface area (Å²) < 4.78 is 5.42. The third-order valence-corrected chi connectivity index (χ3v) is 4.07. The quantitative estimate of drug-likeness (QED) is 0.793. The molecule has 1 aliphatic carbocycles. The zero-order valence-electron chi connectivity index (χ0n) is 10.7. The fourth-order valence-electron chi connectivity index (χ4n) is 2.80. The van der Waals surface area contributed by atoms with E-state index in [-0.39, 0.29) is 29.9 Å². The van der Waals surface area contributed by atoms with E-state index in [2.05, 4.69) is 5.32 Å². The van der Waals surface area contributed by atoms with Gasteiger partial charge in [0, 0.05) is 12.6 Å². The van der Waals surface area contributed by atoms with Crippen molar-refractivity contribution < 1.29 is 19.4 Å². The molecule has 1 aliphatic heterocycles. The Morgan fingerprint density at radius 1 is 1.17 bits per heavy atom. The minimum atomic E-state index is -0.715. The fraction of sp³-hybridized carbons (Fsp3) is 0.846. The first kappa shape index (κ1) is 13.3. The molecule has 2 rings (SSSR count). The molecule has 1 amide bonds. The van der Waals surface area contributed by atoms with Crippen LogP contribution in [0.25, 0.3) is 0 Å². The van der Waals surface area contributed by atoms with Crippen molar-refractivity contribution in [1.29, 1.82) is 0 Å². The van der Waals surface area contributed by atoms with Crippen molar-refractivity contribution in [1.82, 2.24) is 5.32 Å². The Labute approximate surface area is 107 Å². The highest BCUT2D eigenvalue weighted by Gasteiger charge is 2.33. The largest absolute Gasteiger partial charge is 0.481 e. The number of amides is 1.